The number of aliphatic imine (C=N–C) groups is 1. The van der Waals surface area contributed by atoms with Crippen molar-refractivity contribution in [3.05, 3.63) is 58.0 Å². The van der Waals surface area contributed by atoms with Crippen molar-refractivity contribution in [1.82, 2.24) is 10.6 Å². The highest BCUT2D eigenvalue weighted by molar-refractivity contribution is 14.0. The van der Waals surface area contributed by atoms with Crippen LogP contribution in [0, 0.1) is 5.82 Å². The van der Waals surface area contributed by atoms with Crippen molar-refractivity contribution in [3.8, 4) is 0 Å². The molecule has 0 bridgehead atoms. The third-order valence-electron chi connectivity index (χ3n) is 3.31. The van der Waals surface area contributed by atoms with Gasteiger partial charge in [0.1, 0.15) is 11.4 Å². The smallest absolute Gasteiger partial charge is 0.191 e. The van der Waals surface area contributed by atoms with E-state index in [1.807, 2.05) is 30.5 Å². The third kappa shape index (κ3) is 6.37. The number of hydrogen-bond acceptors (Lipinski definition) is 3. The van der Waals surface area contributed by atoms with Crippen LogP contribution in [0.1, 0.15) is 24.3 Å². The normalized spacial score (nSPS) is 13.8. The second-order valence-corrected chi connectivity index (χ2v) is 6.38. The predicted octanol–water partition coefficient (Wildman–Crippen LogP) is 3.47. The number of hydrogen-bond donors (Lipinski definition) is 3. The summed E-state index contributed by atoms with van der Waals surface area (Å²) in [6.07, 6.45) is 0. The van der Waals surface area contributed by atoms with Crippen LogP contribution in [-0.4, -0.2) is 24.2 Å². The Balaban J connectivity index is 0.00000288. The molecule has 1 aromatic heterocycles. The van der Waals surface area contributed by atoms with Gasteiger partial charge < -0.3 is 15.7 Å². The molecule has 0 aliphatic carbocycles. The third-order valence-corrected chi connectivity index (χ3v) is 4.43. The van der Waals surface area contributed by atoms with Gasteiger partial charge in [-0.05, 0) is 43.0 Å². The Labute approximate surface area is 163 Å². The second-order valence-electron chi connectivity index (χ2n) is 5.43. The summed E-state index contributed by atoms with van der Waals surface area (Å²) in [5.74, 6) is 0.324. The van der Waals surface area contributed by atoms with Crippen molar-refractivity contribution in [2.45, 2.75) is 26.0 Å². The molecule has 0 saturated carbocycles. The number of thiophene rings is 1. The Kier molecular flexibility index (Phi) is 8.65. The van der Waals surface area contributed by atoms with Crippen LogP contribution >= 0.6 is 35.3 Å². The Bertz CT molecular complexity index is 647. The van der Waals surface area contributed by atoms with Gasteiger partial charge >= 0.3 is 0 Å². The van der Waals surface area contributed by atoms with Gasteiger partial charge in [0.15, 0.2) is 5.96 Å². The molecule has 3 N–H and O–H groups in total. The molecule has 0 spiro atoms. The van der Waals surface area contributed by atoms with E-state index in [0.29, 0.717) is 25.6 Å². The van der Waals surface area contributed by atoms with Crippen molar-refractivity contribution in [2.75, 3.05) is 13.1 Å². The average molecular weight is 463 g/mol. The molecule has 0 saturated heterocycles. The molecule has 0 aliphatic heterocycles. The minimum atomic E-state index is -0.969. The number of guanidine groups is 1. The number of halogens is 2. The van der Waals surface area contributed by atoms with Crippen LogP contribution in [0.2, 0.25) is 0 Å². The molecule has 4 nitrogen and oxygen atoms in total. The highest BCUT2D eigenvalue weighted by Gasteiger charge is 2.24. The molecule has 0 aliphatic rings. The summed E-state index contributed by atoms with van der Waals surface area (Å²) < 4.78 is 13.2. The molecule has 24 heavy (non-hydrogen) atoms. The average Bonchev–Trinajstić information content (AvgIpc) is 3.05. The Morgan fingerprint density at radius 3 is 2.71 bits per heavy atom. The van der Waals surface area contributed by atoms with Crippen molar-refractivity contribution in [1.29, 1.82) is 0 Å². The summed E-state index contributed by atoms with van der Waals surface area (Å²) in [6, 6.07) is 10.2. The molecule has 1 atom stereocenters. The number of aliphatic hydroxyl groups is 1. The van der Waals surface area contributed by atoms with Crippen molar-refractivity contribution in [2.24, 2.45) is 4.99 Å². The van der Waals surface area contributed by atoms with Gasteiger partial charge in [0.2, 0.25) is 0 Å². The largest absolute Gasteiger partial charge is 0.383 e. The van der Waals surface area contributed by atoms with E-state index in [4.69, 9.17) is 0 Å². The fraction of sp³-hybridized carbons (Fsp3) is 0.353. The van der Waals surface area contributed by atoms with E-state index < -0.39 is 5.60 Å². The summed E-state index contributed by atoms with van der Waals surface area (Å²) in [6.45, 7) is 5.14. The lowest BCUT2D eigenvalue weighted by Crippen LogP contribution is -2.44. The Morgan fingerprint density at radius 2 is 2.08 bits per heavy atom. The van der Waals surface area contributed by atoms with Crippen LogP contribution in [-0.2, 0) is 12.1 Å². The number of rotatable bonds is 6. The molecule has 0 amide bonds. The van der Waals surface area contributed by atoms with Crippen LogP contribution in [0.15, 0.2) is 46.8 Å². The monoisotopic (exact) mass is 463 g/mol. The first-order valence-electron chi connectivity index (χ1n) is 7.54. The minimum Gasteiger partial charge on any atom is -0.383 e. The van der Waals surface area contributed by atoms with Gasteiger partial charge in [-0.2, -0.15) is 0 Å². The number of benzene rings is 1. The zero-order valence-corrected chi connectivity index (χ0v) is 16.9. The Morgan fingerprint density at radius 1 is 1.29 bits per heavy atom. The second kappa shape index (κ2) is 9.95. The van der Waals surface area contributed by atoms with Crippen molar-refractivity contribution in [3.63, 3.8) is 0 Å². The van der Waals surface area contributed by atoms with E-state index in [0.717, 1.165) is 10.4 Å². The van der Waals surface area contributed by atoms with Gasteiger partial charge in [-0.15, -0.1) is 35.3 Å². The fourth-order valence-electron chi connectivity index (χ4n) is 2.08. The summed E-state index contributed by atoms with van der Waals surface area (Å²) in [7, 11) is 0. The lowest BCUT2D eigenvalue weighted by atomic mass is 10.1. The molecule has 1 unspecified atom stereocenters. The van der Waals surface area contributed by atoms with Crippen LogP contribution in [0.25, 0.3) is 0 Å². The molecule has 0 fully saturated rings. The molecule has 7 heteroatoms. The fourth-order valence-corrected chi connectivity index (χ4v) is 2.86. The van der Waals surface area contributed by atoms with Crippen LogP contribution in [0.3, 0.4) is 0 Å². The molecular formula is C17H23FIN3OS. The molecular weight excluding hydrogens is 440 g/mol. The molecule has 2 aromatic rings. The van der Waals surface area contributed by atoms with Gasteiger partial charge in [0, 0.05) is 11.4 Å². The molecule has 1 aromatic carbocycles. The quantitative estimate of drug-likeness (QED) is 0.350. The summed E-state index contributed by atoms with van der Waals surface area (Å²) >= 11 is 1.51. The maximum Gasteiger partial charge on any atom is 0.191 e. The van der Waals surface area contributed by atoms with E-state index in [-0.39, 0.29) is 29.8 Å². The zero-order valence-electron chi connectivity index (χ0n) is 13.8. The van der Waals surface area contributed by atoms with Gasteiger partial charge in [-0.25, -0.2) is 9.38 Å². The van der Waals surface area contributed by atoms with E-state index in [9.17, 15) is 9.50 Å². The van der Waals surface area contributed by atoms with Gasteiger partial charge in [0.25, 0.3) is 0 Å². The first-order valence-corrected chi connectivity index (χ1v) is 8.42. The first-order chi connectivity index (χ1) is 11.0. The topological polar surface area (TPSA) is 56.7 Å². The van der Waals surface area contributed by atoms with E-state index in [1.165, 1.54) is 23.5 Å². The Hall–Kier alpha value is -1.19. The molecule has 0 radical (unpaired) electrons. The minimum absolute atomic E-state index is 0. The highest BCUT2D eigenvalue weighted by atomic mass is 127. The van der Waals surface area contributed by atoms with E-state index in [2.05, 4.69) is 15.6 Å². The van der Waals surface area contributed by atoms with Gasteiger partial charge in [-0.1, -0.05) is 18.2 Å². The molecule has 132 valence electrons. The maximum absolute atomic E-state index is 13.2. The van der Waals surface area contributed by atoms with Crippen molar-refractivity contribution >= 4 is 41.3 Å². The maximum atomic E-state index is 13.2. The lowest BCUT2D eigenvalue weighted by molar-refractivity contribution is 0.0655. The lowest BCUT2D eigenvalue weighted by Gasteiger charge is -2.23. The summed E-state index contributed by atoms with van der Waals surface area (Å²) in [5, 5.41) is 18.7. The first kappa shape index (κ1) is 20.9. The number of nitrogens with zero attached hydrogens (tertiary/aromatic N) is 1. The highest BCUT2D eigenvalue weighted by Crippen LogP contribution is 2.24. The molecule has 2 rings (SSSR count). The summed E-state index contributed by atoms with van der Waals surface area (Å²) in [4.78, 5) is 5.32. The standard InChI is InChI=1S/C17H22FN3OS.HI/c1-3-19-16(20-11-13-6-4-7-14(18)10-13)21-12-17(2,22)15-8-5-9-23-15;/h4-10,22H,3,11-12H2,1-2H3,(H2,19,20,21);1H. The predicted molar refractivity (Wildman–Crippen MR) is 109 cm³/mol. The van der Waals surface area contributed by atoms with Gasteiger partial charge in [0.05, 0.1) is 13.1 Å². The van der Waals surface area contributed by atoms with Crippen LogP contribution < -0.4 is 10.6 Å². The van der Waals surface area contributed by atoms with Crippen molar-refractivity contribution < 1.29 is 9.50 Å². The number of nitrogens with one attached hydrogen (secondary N) is 2. The van der Waals surface area contributed by atoms with Crippen LogP contribution in [0.4, 0.5) is 4.39 Å². The van der Waals surface area contributed by atoms with E-state index >= 15 is 0 Å². The SMILES string of the molecule is CCNC(=NCc1cccc(F)c1)NCC(C)(O)c1cccs1.I. The molecule has 1 heterocycles. The zero-order chi connectivity index (χ0) is 16.7. The van der Waals surface area contributed by atoms with Gasteiger partial charge in [-0.3, -0.25) is 0 Å². The van der Waals surface area contributed by atoms with E-state index in [1.54, 1.807) is 13.0 Å². The summed E-state index contributed by atoms with van der Waals surface area (Å²) in [5.41, 5.74) is -0.171. The van der Waals surface area contributed by atoms with Crippen LogP contribution in [0.5, 0.6) is 0 Å².